The molecule has 4 aromatic rings. The summed E-state index contributed by atoms with van der Waals surface area (Å²) in [4.78, 5) is 16.5. The van der Waals surface area contributed by atoms with Crippen LogP contribution in [0.15, 0.2) is 67.0 Å². The Morgan fingerprint density at radius 3 is 2.34 bits per heavy atom. The molecule has 0 saturated heterocycles. The van der Waals surface area contributed by atoms with E-state index in [1.54, 1.807) is 18.2 Å². The summed E-state index contributed by atoms with van der Waals surface area (Å²) in [5.41, 5.74) is 1.04. The van der Waals surface area contributed by atoms with Gasteiger partial charge in [-0.1, -0.05) is 6.42 Å². The van der Waals surface area contributed by atoms with Crippen LogP contribution in [-0.2, 0) is 0 Å². The van der Waals surface area contributed by atoms with Crippen LogP contribution in [0.2, 0.25) is 0 Å². The summed E-state index contributed by atoms with van der Waals surface area (Å²) in [6.45, 7) is 0. The number of urea groups is 1. The molecule has 2 aromatic heterocycles. The maximum Gasteiger partial charge on any atom is 0.324 e. The van der Waals surface area contributed by atoms with Crippen LogP contribution in [0.3, 0.4) is 0 Å². The molecule has 0 bridgehead atoms. The molecule has 1 aliphatic carbocycles. The molecule has 0 radical (unpaired) electrons. The van der Waals surface area contributed by atoms with Gasteiger partial charge in [0.1, 0.15) is 23.2 Å². The molecule has 178 valence electrons. The number of amides is 2. The zero-order valence-electron chi connectivity index (χ0n) is 18.3. The number of hydrogen-bond acceptors (Lipinski definition) is 4. The number of aromatic nitrogens is 3. The summed E-state index contributed by atoms with van der Waals surface area (Å²) in [5.74, 6) is -1.35. The lowest BCUT2D eigenvalue weighted by Crippen LogP contribution is -2.21. The van der Waals surface area contributed by atoms with Crippen molar-refractivity contribution in [1.29, 1.82) is 0 Å². The molecule has 0 aliphatic heterocycles. The zero-order valence-corrected chi connectivity index (χ0v) is 18.3. The zero-order chi connectivity index (χ0) is 24.4. The first-order valence-electron chi connectivity index (χ1n) is 11.0. The summed E-state index contributed by atoms with van der Waals surface area (Å²) < 4.78 is 48.9. The van der Waals surface area contributed by atoms with Crippen molar-refractivity contribution in [2.24, 2.45) is 0 Å². The van der Waals surface area contributed by atoms with Crippen LogP contribution in [-0.4, -0.2) is 20.8 Å². The van der Waals surface area contributed by atoms with Gasteiger partial charge in [-0.3, -0.25) is 10.3 Å². The lowest BCUT2D eigenvalue weighted by atomic mass is 9.83. The molecule has 0 atom stereocenters. The molecule has 1 aliphatic rings. The Morgan fingerprint density at radius 2 is 1.69 bits per heavy atom. The highest BCUT2D eigenvalue weighted by Crippen LogP contribution is 2.37. The third kappa shape index (κ3) is 5.11. The van der Waals surface area contributed by atoms with E-state index in [9.17, 15) is 18.0 Å². The maximum absolute atomic E-state index is 14.5. The molecule has 1 saturated carbocycles. The van der Waals surface area contributed by atoms with Crippen molar-refractivity contribution in [3.05, 3.63) is 90.1 Å². The van der Waals surface area contributed by atoms with Crippen LogP contribution in [0.5, 0.6) is 11.5 Å². The maximum atomic E-state index is 14.5. The molecule has 2 aromatic carbocycles. The summed E-state index contributed by atoms with van der Waals surface area (Å²) >= 11 is 0. The molecule has 2 amide bonds. The van der Waals surface area contributed by atoms with Crippen molar-refractivity contribution < 1.29 is 22.7 Å². The van der Waals surface area contributed by atoms with Gasteiger partial charge < -0.3 is 10.1 Å². The Morgan fingerprint density at radius 1 is 0.943 bits per heavy atom. The lowest BCUT2D eigenvalue weighted by Gasteiger charge is -2.22. The van der Waals surface area contributed by atoms with E-state index in [4.69, 9.17) is 4.74 Å². The molecule has 7 nitrogen and oxygen atoms in total. The van der Waals surface area contributed by atoms with E-state index in [1.807, 2.05) is 0 Å². The Hall–Kier alpha value is -4.34. The van der Waals surface area contributed by atoms with Crippen LogP contribution in [0.4, 0.5) is 29.5 Å². The highest BCUT2D eigenvalue weighted by atomic mass is 19.1. The van der Waals surface area contributed by atoms with Crippen molar-refractivity contribution in [1.82, 2.24) is 14.8 Å². The first-order valence-corrected chi connectivity index (χ1v) is 11.0. The van der Waals surface area contributed by atoms with Gasteiger partial charge in [0.25, 0.3) is 0 Å². The third-order valence-electron chi connectivity index (χ3n) is 5.65. The largest absolute Gasteiger partial charge is 0.454 e. The predicted molar refractivity (Wildman–Crippen MR) is 123 cm³/mol. The van der Waals surface area contributed by atoms with Crippen LogP contribution in [0.25, 0.3) is 5.69 Å². The lowest BCUT2D eigenvalue weighted by molar-refractivity contribution is 0.262. The van der Waals surface area contributed by atoms with Crippen LogP contribution in [0, 0.1) is 17.5 Å². The number of hydrogen-bond donors (Lipinski definition) is 2. The minimum Gasteiger partial charge on any atom is -0.454 e. The van der Waals surface area contributed by atoms with Gasteiger partial charge in [-0.15, -0.1) is 0 Å². The Kier molecular flexibility index (Phi) is 6.09. The number of ether oxygens (including phenoxy) is 1. The SMILES string of the molecule is O=C(Nc1ccc(Oc2ccncc2)c(F)c1)Nc1cc(C2CCC2)nn1-c1cc(F)cc(F)c1. The van der Waals surface area contributed by atoms with E-state index in [-0.39, 0.29) is 28.9 Å². The second-order valence-electron chi connectivity index (χ2n) is 8.13. The molecule has 10 heteroatoms. The number of nitrogens with one attached hydrogen (secondary N) is 2. The minimum atomic E-state index is -0.763. The number of anilines is 2. The fraction of sp³-hybridized carbons (Fsp3) is 0.160. The van der Waals surface area contributed by atoms with Crippen LogP contribution in [0.1, 0.15) is 30.9 Å². The van der Waals surface area contributed by atoms with Gasteiger partial charge >= 0.3 is 6.03 Å². The average Bonchev–Trinajstić information content (AvgIpc) is 3.17. The quantitative estimate of drug-likeness (QED) is 0.336. The number of benzene rings is 2. The second-order valence-corrected chi connectivity index (χ2v) is 8.13. The number of carbonyl (C=O) groups excluding carboxylic acids is 1. The van der Waals surface area contributed by atoms with Gasteiger partial charge in [-0.25, -0.2) is 22.6 Å². The summed E-state index contributed by atoms with van der Waals surface area (Å²) in [6, 6.07) is 11.2. The normalized spacial score (nSPS) is 13.2. The first-order chi connectivity index (χ1) is 16.9. The Bertz CT molecular complexity index is 1350. The molecule has 1 fully saturated rings. The van der Waals surface area contributed by atoms with E-state index in [0.717, 1.165) is 49.2 Å². The van der Waals surface area contributed by atoms with Gasteiger partial charge in [0, 0.05) is 42.2 Å². The number of carbonyl (C=O) groups is 1. The minimum absolute atomic E-state index is 0.0153. The topological polar surface area (TPSA) is 81.1 Å². The summed E-state index contributed by atoms with van der Waals surface area (Å²) in [7, 11) is 0. The van der Waals surface area contributed by atoms with Crippen LogP contribution >= 0.6 is 0 Å². The fourth-order valence-electron chi connectivity index (χ4n) is 3.72. The monoisotopic (exact) mass is 479 g/mol. The highest BCUT2D eigenvalue weighted by molar-refractivity contribution is 5.99. The van der Waals surface area contributed by atoms with Gasteiger partial charge in [-0.05, 0) is 49.2 Å². The van der Waals surface area contributed by atoms with E-state index in [0.29, 0.717) is 5.75 Å². The van der Waals surface area contributed by atoms with E-state index in [1.165, 1.54) is 29.2 Å². The van der Waals surface area contributed by atoms with Gasteiger partial charge in [0.05, 0.1) is 11.4 Å². The Labute approximate surface area is 198 Å². The van der Waals surface area contributed by atoms with Gasteiger partial charge in [0.2, 0.25) is 0 Å². The molecule has 0 spiro atoms. The molecule has 35 heavy (non-hydrogen) atoms. The van der Waals surface area contributed by atoms with Crippen molar-refractivity contribution in [3.63, 3.8) is 0 Å². The van der Waals surface area contributed by atoms with Crippen molar-refractivity contribution in [3.8, 4) is 17.2 Å². The molecular formula is C25H20F3N5O2. The first kappa shape index (κ1) is 22.5. The van der Waals surface area contributed by atoms with Crippen molar-refractivity contribution >= 4 is 17.5 Å². The summed E-state index contributed by atoms with van der Waals surface area (Å²) in [6.07, 6.45) is 6.02. The number of halogens is 3. The smallest absolute Gasteiger partial charge is 0.324 e. The molecule has 2 heterocycles. The third-order valence-corrected chi connectivity index (χ3v) is 5.65. The van der Waals surface area contributed by atoms with Crippen LogP contribution < -0.4 is 15.4 Å². The summed E-state index contributed by atoms with van der Waals surface area (Å²) in [5, 5.41) is 9.65. The molecule has 2 N–H and O–H groups in total. The van der Waals surface area contributed by atoms with Crippen molar-refractivity contribution in [2.75, 3.05) is 10.6 Å². The van der Waals surface area contributed by atoms with E-state index >= 15 is 0 Å². The van der Waals surface area contributed by atoms with E-state index in [2.05, 4.69) is 20.7 Å². The molecule has 0 unspecified atom stereocenters. The van der Waals surface area contributed by atoms with Gasteiger partial charge in [-0.2, -0.15) is 5.10 Å². The molecule has 5 rings (SSSR count). The van der Waals surface area contributed by atoms with Gasteiger partial charge in [0.15, 0.2) is 11.6 Å². The Balaban J connectivity index is 1.34. The molecular weight excluding hydrogens is 459 g/mol. The van der Waals surface area contributed by atoms with Crippen molar-refractivity contribution in [2.45, 2.75) is 25.2 Å². The second kappa shape index (κ2) is 9.49. The van der Waals surface area contributed by atoms with E-state index < -0.39 is 23.5 Å². The number of rotatable bonds is 6. The fourth-order valence-corrected chi connectivity index (χ4v) is 3.72. The number of pyridine rings is 1. The average molecular weight is 479 g/mol. The standard InChI is InChI=1S/C25H20F3N5O2/c26-16-10-17(27)12-19(11-16)33-24(14-22(32-33)15-2-1-3-15)31-25(34)30-18-4-5-23(21(28)13-18)35-20-6-8-29-9-7-20/h4-15H,1-3H2,(H2,30,31,34). The number of nitrogens with zero attached hydrogens (tertiary/aromatic N) is 3. The highest BCUT2D eigenvalue weighted by Gasteiger charge is 2.25. The predicted octanol–water partition coefficient (Wildman–Crippen LogP) is 6.39.